The van der Waals surface area contributed by atoms with Crippen LogP contribution in [0.3, 0.4) is 0 Å². The molecule has 8 aromatic rings. The van der Waals surface area contributed by atoms with Gasteiger partial charge in [0.15, 0.2) is 0 Å². The first-order chi connectivity index (χ1) is 21.2. The second-order valence-electron chi connectivity index (χ2n) is 14.1. The summed E-state index contributed by atoms with van der Waals surface area (Å²) in [6.07, 6.45) is 4.48. The van der Waals surface area contributed by atoms with Gasteiger partial charge in [-0.3, -0.25) is 4.98 Å². The van der Waals surface area contributed by atoms with Crippen LogP contribution in [0, 0.1) is 0 Å². The summed E-state index contributed by atoms with van der Waals surface area (Å²) >= 11 is 0. The third kappa shape index (κ3) is 3.33. The number of benzene rings is 5. The van der Waals surface area contributed by atoms with Gasteiger partial charge in [-0.05, 0) is 67.5 Å². The molecule has 44 heavy (non-hydrogen) atoms. The maximum atomic E-state index is 5.13. The van der Waals surface area contributed by atoms with Gasteiger partial charge in [0, 0.05) is 33.3 Å². The van der Waals surface area contributed by atoms with Gasteiger partial charge in [-0.15, -0.1) is 0 Å². The van der Waals surface area contributed by atoms with Crippen LogP contribution in [0.1, 0.15) is 37.5 Å². The van der Waals surface area contributed by atoms with E-state index in [4.69, 9.17) is 4.98 Å². The van der Waals surface area contributed by atoms with Gasteiger partial charge in [-0.1, -0.05) is 119 Å². The Kier molecular flexibility index (Phi) is 5.07. The average Bonchev–Trinajstić information content (AvgIpc) is 3.64. The van der Waals surface area contributed by atoms with E-state index in [9.17, 15) is 0 Å². The van der Waals surface area contributed by atoms with Crippen LogP contribution < -0.4 is 5.19 Å². The highest BCUT2D eigenvalue weighted by atomic mass is 28.3. The van der Waals surface area contributed by atoms with E-state index in [0.717, 1.165) is 5.69 Å². The Bertz CT molecular complexity index is 2500. The second kappa shape index (κ2) is 8.68. The summed E-state index contributed by atoms with van der Waals surface area (Å²) in [6, 6.07) is 38.5. The lowest BCUT2D eigenvalue weighted by molar-refractivity contribution is 0.596. The molecule has 2 nitrogen and oxygen atoms in total. The molecule has 0 saturated heterocycles. The fourth-order valence-electron chi connectivity index (χ4n) is 8.03. The Hall–Kier alpha value is -4.73. The van der Waals surface area contributed by atoms with Crippen LogP contribution in [0.25, 0.3) is 71.4 Å². The number of rotatable bonds is 2. The summed E-state index contributed by atoms with van der Waals surface area (Å²) in [6.45, 7) is 11.9. The molecule has 0 spiro atoms. The molecule has 0 atom stereocenters. The van der Waals surface area contributed by atoms with Crippen LogP contribution in [0.15, 0.2) is 109 Å². The number of para-hydroxylation sites is 1. The van der Waals surface area contributed by atoms with Crippen molar-refractivity contribution in [3.63, 3.8) is 0 Å². The Balaban J connectivity index is 1.41. The molecule has 3 heteroatoms. The van der Waals surface area contributed by atoms with Crippen molar-refractivity contribution in [2.75, 3.05) is 0 Å². The molecule has 212 valence electrons. The lowest BCUT2D eigenvalue weighted by Crippen LogP contribution is -2.40. The molecule has 0 bridgehead atoms. The number of pyridine rings is 1. The van der Waals surface area contributed by atoms with Gasteiger partial charge in [0.25, 0.3) is 0 Å². The van der Waals surface area contributed by atoms with Crippen LogP contribution in [0.4, 0.5) is 0 Å². The van der Waals surface area contributed by atoms with Gasteiger partial charge in [-0.2, -0.15) is 0 Å². The van der Waals surface area contributed by atoms with Crippen molar-refractivity contribution >= 4 is 73.4 Å². The predicted octanol–water partition coefficient (Wildman–Crippen LogP) is 10.4. The number of nitrogens with zero attached hydrogens (tertiary/aromatic N) is 2. The summed E-state index contributed by atoms with van der Waals surface area (Å²) in [7, 11) is -1.88. The number of aromatic nitrogens is 2. The molecule has 0 saturated carbocycles. The number of fused-ring (bicyclic) bond motifs is 8. The first kappa shape index (κ1) is 25.7. The van der Waals surface area contributed by atoms with Gasteiger partial charge in [0.1, 0.15) is 8.07 Å². The zero-order chi connectivity index (χ0) is 30.0. The molecule has 0 aliphatic carbocycles. The van der Waals surface area contributed by atoms with Crippen molar-refractivity contribution in [2.45, 2.75) is 39.3 Å². The van der Waals surface area contributed by atoms with E-state index < -0.39 is 8.07 Å². The molecule has 5 aromatic carbocycles. The van der Waals surface area contributed by atoms with Gasteiger partial charge in [0.2, 0.25) is 0 Å². The molecule has 1 aliphatic rings. The highest BCUT2D eigenvalue weighted by Gasteiger charge is 2.37. The third-order valence-corrected chi connectivity index (χ3v) is 13.7. The van der Waals surface area contributed by atoms with Crippen LogP contribution in [-0.4, -0.2) is 17.5 Å². The molecule has 0 radical (unpaired) electrons. The summed E-state index contributed by atoms with van der Waals surface area (Å²) in [5.74, 6) is 0. The minimum Gasteiger partial charge on any atom is -0.306 e. The summed E-state index contributed by atoms with van der Waals surface area (Å²) in [5.41, 5.74) is 10.1. The van der Waals surface area contributed by atoms with Crippen LogP contribution >= 0.6 is 0 Å². The van der Waals surface area contributed by atoms with Crippen molar-refractivity contribution in [3.8, 4) is 11.3 Å². The van der Waals surface area contributed by atoms with Gasteiger partial charge >= 0.3 is 0 Å². The summed E-state index contributed by atoms with van der Waals surface area (Å²) in [5, 5.41) is 10.9. The molecule has 1 aliphatic heterocycles. The molecule has 4 heterocycles. The Labute approximate surface area is 258 Å². The normalized spacial score (nSPS) is 14.8. The van der Waals surface area contributed by atoms with Crippen LogP contribution in [0.2, 0.25) is 13.1 Å². The SMILES string of the molecule is CC(C)(C)c1cc(-c2nccc3c4ccc(C5=Cc6ccccc6[Si]5(C)C)c5c6ccccc6n(c23)c45)cc2ccccc12. The minimum atomic E-state index is -1.88. The highest BCUT2D eigenvalue weighted by Crippen LogP contribution is 2.47. The van der Waals surface area contributed by atoms with Crippen molar-refractivity contribution in [3.05, 3.63) is 126 Å². The first-order valence-electron chi connectivity index (χ1n) is 15.6. The standard InChI is InChI=1S/C41H34N2Si/c1-41(2,3)33-23-27(22-25-12-6-8-14-28(25)33)38-40-30(20-21-42-38)29-18-19-32(36-24-26-13-7-11-17-35(26)44(36,4)5)37-31-15-9-10-16-34(31)43(40)39(29)37/h6-24H,1-5H3. The molecule has 0 amide bonds. The topological polar surface area (TPSA) is 17.3 Å². The molecular weight excluding hydrogens is 549 g/mol. The van der Waals surface area contributed by atoms with Crippen molar-refractivity contribution < 1.29 is 0 Å². The van der Waals surface area contributed by atoms with E-state index in [-0.39, 0.29) is 5.41 Å². The average molecular weight is 583 g/mol. The highest BCUT2D eigenvalue weighted by molar-refractivity contribution is 7.07. The fraction of sp³-hybridized carbons (Fsp3) is 0.146. The van der Waals surface area contributed by atoms with Gasteiger partial charge < -0.3 is 4.40 Å². The maximum Gasteiger partial charge on any atom is 0.113 e. The minimum absolute atomic E-state index is 0.00210. The van der Waals surface area contributed by atoms with E-state index in [1.54, 1.807) is 0 Å². The lowest BCUT2D eigenvalue weighted by Gasteiger charge is -2.23. The van der Waals surface area contributed by atoms with Crippen LogP contribution in [-0.2, 0) is 5.41 Å². The molecule has 0 N–H and O–H groups in total. The summed E-state index contributed by atoms with van der Waals surface area (Å²) in [4.78, 5) is 5.13. The monoisotopic (exact) mass is 582 g/mol. The molecule has 0 fully saturated rings. The number of hydrogen-bond donors (Lipinski definition) is 0. The third-order valence-electron chi connectivity index (χ3n) is 10.1. The fourth-order valence-corrected chi connectivity index (χ4v) is 11.1. The number of hydrogen-bond acceptors (Lipinski definition) is 1. The second-order valence-corrected chi connectivity index (χ2v) is 18.4. The first-order valence-corrected chi connectivity index (χ1v) is 18.6. The van der Waals surface area contributed by atoms with E-state index >= 15 is 0 Å². The lowest BCUT2D eigenvalue weighted by atomic mass is 9.82. The van der Waals surface area contributed by atoms with Gasteiger partial charge in [-0.25, -0.2) is 0 Å². The zero-order valence-electron chi connectivity index (χ0n) is 25.9. The Morgan fingerprint density at radius 1 is 0.682 bits per heavy atom. The van der Waals surface area contributed by atoms with E-state index in [1.165, 1.54) is 81.5 Å². The molecule has 0 unspecified atom stereocenters. The Morgan fingerprint density at radius 2 is 1.41 bits per heavy atom. The summed E-state index contributed by atoms with van der Waals surface area (Å²) < 4.78 is 2.52. The van der Waals surface area contributed by atoms with E-state index in [1.807, 2.05) is 6.20 Å². The molecule has 3 aromatic heterocycles. The quantitative estimate of drug-likeness (QED) is 0.185. The maximum absolute atomic E-state index is 5.13. The van der Waals surface area contributed by atoms with E-state index in [0.29, 0.717) is 0 Å². The Morgan fingerprint density at radius 3 is 2.23 bits per heavy atom. The largest absolute Gasteiger partial charge is 0.306 e. The molecule has 9 rings (SSSR count). The van der Waals surface area contributed by atoms with Crippen molar-refractivity contribution in [1.82, 2.24) is 9.38 Å². The van der Waals surface area contributed by atoms with E-state index in [2.05, 4.69) is 147 Å². The zero-order valence-corrected chi connectivity index (χ0v) is 26.9. The molecular formula is C41H34N2Si. The van der Waals surface area contributed by atoms with Gasteiger partial charge in [0.05, 0.1) is 22.2 Å². The predicted molar refractivity (Wildman–Crippen MR) is 192 cm³/mol. The smallest absolute Gasteiger partial charge is 0.113 e. The van der Waals surface area contributed by atoms with Crippen molar-refractivity contribution in [2.24, 2.45) is 0 Å². The van der Waals surface area contributed by atoms with Crippen molar-refractivity contribution in [1.29, 1.82) is 0 Å². The van der Waals surface area contributed by atoms with Crippen LogP contribution in [0.5, 0.6) is 0 Å².